The van der Waals surface area contributed by atoms with Gasteiger partial charge >= 0.3 is 0 Å². The number of unbranched alkanes of at least 4 members (excludes halogenated alkanes) is 1. The minimum absolute atomic E-state index is 0.316. The van der Waals surface area contributed by atoms with Gasteiger partial charge in [-0.15, -0.1) is 0 Å². The molecule has 1 N–H and O–H groups in total. The van der Waals surface area contributed by atoms with Crippen molar-refractivity contribution in [3.63, 3.8) is 0 Å². The summed E-state index contributed by atoms with van der Waals surface area (Å²) in [4.78, 5) is 5.07. The Kier molecular flexibility index (Phi) is 3.67. The first-order valence-electron chi connectivity index (χ1n) is 9.33. The van der Waals surface area contributed by atoms with Gasteiger partial charge in [0, 0.05) is 17.2 Å². The lowest BCUT2D eigenvalue weighted by molar-refractivity contribution is -0.0102. The first kappa shape index (κ1) is 15.7. The number of phenolic OH excluding ortho intramolecular Hbond substituents is 1. The quantitative estimate of drug-likeness (QED) is 0.763. The number of nitrogens with zero attached hydrogens (tertiary/aromatic N) is 1. The molecule has 24 heavy (non-hydrogen) atoms. The number of benzene rings is 1. The summed E-state index contributed by atoms with van der Waals surface area (Å²) in [6, 6.07) is 11.9. The average molecular weight is 321 g/mol. The van der Waals surface area contributed by atoms with Crippen LogP contribution in [0.3, 0.4) is 0 Å². The zero-order valence-electron chi connectivity index (χ0n) is 14.9. The molecule has 3 aliphatic carbocycles. The predicted molar refractivity (Wildman–Crippen MR) is 98.2 cm³/mol. The van der Waals surface area contributed by atoms with E-state index in [9.17, 15) is 5.11 Å². The molecule has 1 aromatic carbocycles. The van der Waals surface area contributed by atoms with Gasteiger partial charge in [0.1, 0.15) is 5.75 Å². The molecule has 1 saturated carbocycles. The summed E-state index contributed by atoms with van der Waals surface area (Å²) >= 11 is 0. The molecule has 1 heterocycles. The molecule has 1 fully saturated rings. The lowest BCUT2D eigenvalue weighted by atomic mass is 9.44. The van der Waals surface area contributed by atoms with E-state index >= 15 is 0 Å². The van der Waals surface area contributed by atoms with Crippen LogP contribution in [0.5, 0.6) is 5.75 Å². The van der Waals surface area contributed by atoms with Gasteiger partial charge in [0.2, 0.25) is 0 Å². The maximum Gasteiger partial charge on any atom is 0.124 e. The van der Waals surface area contributed by atoms with Crippen molar-refractivity contribution in [3.05, 3.63) is 47.7 Å². The van der Waals surface area contributed by atoms with E-state index < -0.39 is 0 Å². The van der Waals surface area contributed by atoms with Gasteiger partial charge in [-0.3, -0.25) is 4.98 Å². The van der Waals surface area contributed by atoms with Crippen LogP contribution in [0, 0.1) is 11.3 Å². The highest BCUT2D eigenvalue weighted by Gasteiger charge is 2.56. The Morgan fingerprint density at radius 1 is 1.17 bits per heavy atom. The minimum atomic E-state index is 0.316. The van der Waals surface area contributed by atoms with E-state index in [1.807, 2.05) is 18.2 Å². The molecule has 0 unspecified atom stereocenters. The lowest BCUT2D eigenvalue weighted by Crippen LogP contribution is -2.50. The minimum Gasteiger partial charge on any atom is -0.507 e. The molecular formula is C22H27NO. The van der Waals surface area contributed by atoms with Gasteiger partial charge in [-0.25, -0.2) is 0 Å². The molecule has 0 spiro atoms. The Balaban J connectivity index is 1.79. The van der Waals surface area contributed by atoms with Crippen LogP contribution in [0.4, 0.5) is 0 Å². The van der Waals surface area contributed by atoms with E-state index in [-0.39, 0.29) is 0 Å². The molecule has 126 valence electrons. The zero-order chi connectivity index (χ0) is 16.9. The van der Waals surface area contributed by atoms with Gasteiger partial charge in [0.15, 0.2) is 0 Å². The number of pyridine rings is 1. The Labute approximate surface area is 145 Å². The molecule has 2 aromatic rings. The van der Waals surface area contributed by atoms with E-state index in [0.717, 1.165) is 17.2 Å². The number of hydrogen-bond donors (Lipinski definition) is 1. The van der Waals surface area contributed by atoms with E-state index in [1.54, 1.807) is 6.07 Å². The summed E-state index contributed by atoms with van der Waals surface area (Å²) in [6.45, 7) is 7.14. The fraction of sp³-hybridized carbons (Fsp3) is 0.500. The van der Waals surface area contributed by atoms with Crippen LogP contribution < -0.4 is 0 Å². The summed E-state index contributed by atoms with van der Waals surface area (Å²) in [5.41, 5.74) is 4.93. The van der Waals surface area contributed by atoms with E-state index in [1.165, 1.54) is 36.9 Å². The van der Waals surface area contributed by atoms with Crippen LogP contribution in [-0.4, -0.2) is 10.1 Å². The molecule has 0 saturated heterocycles. The van der Waals surface area contributed by atoms with Crippen molar-refractivity contribution in [1.29, 1.82) is 0 Å². The summed E-state index contributed by atoms with van der Waals surface area (Å²) in [6.07, 6.45) is 5.07. The number of rotatable bonds is 4. The Morgan fingerprint density at radius 2 is 1.96 bits per heavy atom. The molecule has 0 aliphatic heterocycles. The third-order valence-corrected chi connectivity index (χ3v) is 6.56. The van der Waals surface area contributed by atoms with Crippen molar-refractivity contribution in [2.45, 2.75) is 58.3 Å². The standard InChI is InChI=1S/C22H27NO/c1-4-5-8-14-17-13-18(22(17,2)3)15-11-12-19(23-21(14)15)16-9-6-7-10-20(16)24/h6-7,9-12,14,17-18,24H,4-5,8,13H2,1-3H3/t14-,17+,18-/m1/s1. The van der Waals surface area contributed by atoms with Crippen molar-refractivity contribution in [1.82, 2.24) is 4.98 Å². The molecule has 3 aliphatic rings. The summed E-state index contributed by atoms with van der Waals surface area (Å²) in [5, 5.41) is 10.2. The van der Waals surface area contributed by atoms with Gasteiger partial charge in [-0.2, -0.15) is 0 Å². The molecule has 2 bridgehead atoms. The van der Waals surface area contributed by atoms with E-state index in [4.69, 9.17) is 4.98 Å². The Bertz CT molecular complexity index is 764. The van der Waals surface area contributed by atoms with Gasteiger partial charge in [0.25, 0.3) is 0 Å². The molecular weight excluding hydrogens is 294 g/mol. The van der Waals surface area contributed by atoms with Crippen LogP contribution in [0.1, 0.15) is 69.5 Å². The molecule has 2 heteroatoms. The predicted octanol–water partition coefficient (Wildman–Crippen LogP) is 5.87. The smallest absolute Gasteiger partial charge is 0.124 e. The first-order valence-corrected chi connectivity index (χ1v) is 9.33. The van der Waals surface area contributed by atoms with Crippen molar-refractivity contribution in [2.75, 3.05) is 0 Å². The zero-order valence-corrected chi connectivity index (χ0v) is 14.9. The normalized spacial score (nSPS) is 26.5. The SMILES string of the molecule is CCCC[C@H]1c2nc(-c3ccccc3O)ccc2[C@H]2C[C@@H]1C2(C)C. The maximum atomic E-state index is 10.2. The molecule has 5 rings (SSSR count). The fourth-order valence-corrected chi connectivity index (χ4v) is 5.04. The fourth-order valence-electron chi connectivity index (χ4n) is 5.04. The Morgan fingerprint density at radius 3 is 2.67 bits per heavy atom. The van der Waals surface area contributed by atoms with Crippen LogP contribution in [0.25, 0.3) is 11.3 Å². The second-order valence-corrected chi connectivity index (χ2v) is 8.15. The van der Waals surface area contributed by atoms with Gasteiger partial charge < -0.3 is 5.11 Å². The second kappa shape index (κ2) is 5.61. The number of hydrogen-bond acceptors (Lipinski definition) is 2. The van der Waals surface area contributed by atoms with Crippen molar-refractivity contribution in [2.24, 2.45) is 11.3 Å². The van der Waals surface area contributed by atoms with Crippen molar-refractivity contribution < 1.29 is 5.11 Å². The van der Waals surface area contributed by atoms with Crippen molar-refractivity contribution in [3.8, 4) is 17.0 Å². The number of phenols is 1. The van der Waals surface area contributed by atoms with Crippen LogP contribution in [0.2, 0.25) is 0 Å². The molecule has 3 atom stereocenters. The van der Waals surface area contributed by atoms with Crippen molar-refractivity contribution >= 4 is 0 Å². The van der Waals surface area contributed by atoms with Gasteiger partial charge in [-0.1, -0.05) is 51.8 Å². The largest absolute Gasteiger partial charge is 0.507 e. The van der Waals surface area contributed by atoms with E-state index in [2.05, 4.69) is 32.9 Å². The van der Waals surface area contributed by atoms with Crippen LogP contribution >= 0.6 is 0 Å². The molecule has 0 amide bonds. The lowest BCUT2D eigenvalue weighted by Gasteiger charge is -2.60. The third-order valence-electron chi connectivity index (χ3n) is 6.56. The average Bonchev–Trinajstić information content (AvgIpc) is 2.59. The van der Waals surface area contributed by atoms with E-state index in [0.29, 0.717) is 23.0 Å². The number of aromatic hydroxyl groups is 1. The van der Waals surface area contributed by atoms with Crippen LogP contribution in [-0.2, 0) is 0 Å². The maximum absolute atomic E-state index is 10.2. The summed E-state index contributed by atoms with van der Waals surface area (Å²) in [5.74, 6) is 2.30. The number of para-hydroxylation sites is 1. The second-order valence-electron chi connectivity index (χ2n) is 8.15. The number of aromatic nitrogens is 1. The van der Waals surface area contributed by atoms with Crippen LogP contribution in [0.15, 0.2) is 36.4 Å². The highest BCUT2D eigenvalue weighted by Crippen LogP contribution is 2.67. The molecule has 2 nitrogen and oxygen atoms in total. The van der Waals surface area contributed by atoms with Gasteiger partial charge in [0.05, 0.1) is 5.69 Å². The highest BCUT2D eigenvalue weighted by atomic mass is 16.3. The topological polar surface area (TPSA) is 33.1 Å². The summed E-state index contributed by atoms with van der Waals surface area (Å²) in [7, 11) is 0. The van der Waals surface area contributed by atoms with Gasteiger partial charge in [-0.05, 0) is 53.9 Å². The first-order chi connectivity index (χ1) is 11.5. The Hall–Kier alpha value is -1.83. The molecule has 0 radical (unpaired) electrons. The molecule has 1 aromatic heterocycles. The summed E-state index contributed by atoms with van der Waals surface area (Å²) < 4.78 is 0. The monoisotopic (exact) mass is 321 g/mol. The third kappa shape index (κ3) is 2.19. The highest BCUT2D eigenvalue weighted by molar-refractivity contribution is 5.67.